The highest BCUT2D eigenvalue weighted by Gasteiger charge is 2.38. The van der Waals surface area contributed by atoms with Crippen molar-refractivity contribution >= 4 is 46.3 Å². The Kier molecular flexibility index (Phi) is 4.10. The minimum Gasteiger partial charge on any atom is -0.508 e. The number of carbonyl (C=O) groups is 2. The summed E-state index contributed by atoms with van der Waals surface area (Å²) in [6.07, 6.45) is 1.58. The summed E-state index contributed by atoms with van der Waals surface area (Å²) in [6, 6.07) is 5.41. The Morgan fingerprint density at radius 1 is 1.50 bits per heavy atom. The molecule has 0 unspecified atom stereocenters. The van der Waals surface area contributed by atoms with Crippen molar-refractivity contribution in [2.45, 2.75) is 13.0 Å². The summed E-state index contributed by atoms with van der Waals surface area (Å²) in [5.41, 5.74) is 0.647. The first-order valence-electron chi connectivity index (χ1n) is 5.69. The van der Waals surface area contributed by atoms with E-state index in [1.165, 1.54) is 19.1 Å². The van der Waals surface area contributed by atoms with Gasteiger partial charge in [0.1, 0.15) is 16.1 Å². The van der Waals surface area contributed by atoms with E-state index in [4.69, 9.17) is 17.3 Å². The minimum atomic E-state index is -1.11. The van der Waals surface area contributed by atoms with Crippen LogP contribution in [-0.2, 0) is 9.59 Å². The number of phenolic OH excluding ortho intramolecular Hbond substituents is 1. The van der Waals surface area contributed by atoms with Gasteiger partial charge in [-0.3, -0.25) is 9.69 Å². The van der Waals surface area contributed by atoms with Gasteiger partial charge in [-0.2, -0.15) is 0 Å². The molecule has 1 amide bonds. The van der Waals surface area contributed by atoms with Gasteiger partial charge in [-0.05, 0) is 30.7 Å². The lowest BCUT2D eigenvalue weighted by Gasteiger charge is -2.18. The molecule has 0 saturated carbocycles. The number of aliphatic carboxylic acids is 1. The van der Waals surface area contributed by atoms with E-state index >= 15 is 0 Å². The highest BCUT2D eigenvalue weighted by Crippen LogP contribution is 2.34. The average Bonchev–Trinajstić information content (AvgIpc) is 2.63. The van der Waals surface area contributed by atoms with Crippen molar-refractivity contribution in [3.05, 3.63) is 34.7 Å². The molecular formula is C13H11NO4S2. The fourth-order valence-electron chi connectivity index (χ4n) is 1.69. The molecule has 2 rings (SSSR count). The Morgan fingerprint density at radius 2 is 2.20 bits per heavy atom. The maximum Gasteiger partial charge on any atom is 0.326 e. The first kappa shape index (κ1) is 14.5. The number of thioether (sulfide) groups is 1. The second-order valence-electron chi connectivity index (χ2n) is 4.16. The summed E-state index contributed by atoms with van der Waals surface area (Å²) in [7, 11) is 0. The van der Waals surface area contributed by atoms with Crippen molar-refractivity contribution in [3.8, 4) is 5.75 Å². The first-order valence-corrected chi connectivity index (χ1v) is 6.91. The number of thiocarbonyl (C=S) groups is 1. The lowest BCUT2D eigenvalue weighted by atomic mass is 10.2. The zero-order valence-corrected chi connectivity index (χ0v) is 12.1. The van der Waals surface area contributed by atoms with Crippen molar-refractivity contribution in [1.82, 2.24) is 4.90 Å². The zero-order chi connectivity index (χ0) is 14.9. The van der Waals surface area contributed by atoms with Crippen LogP contribution < -0.4 is 0 Å². The number of amides is 1. The van der Waals surface area contributed by atoms with Gasteiger partial charge in [-0.15, -0.1) is 0 Å². The molecule has 104 valence electrons. The first-order chi connectivity index (χ1) is 9.40. The quantitative estimate of drug-likeness (QED) is 0.657. The van der Waals surface area contributed by atoms with E-state index in [1.54, 1.807) is 18.2 Å². The summed E-state index contributed by atoms with van der Waals surface area (Å²) in [5, 5.41) is 18.4. The van der Waals surface area contributed by atoms with Gasteiger partial charge in [0, 0.05) is 0 Å². The average molecular weight is 309 g/mol. The van der Waals surface area contributed by atoms with Crippen LogP contribution in [0.5, 0.6) is 5.75 Å². The van der Waals surface area contributed by atoms with Crippen LogP contribution >= 0.6 is 24.0 Å². The lowest BCUT2D eigenvalue weighted by Crippen LogP contribution is -2.41. The summed E-state index contributed by atoms with van der Waals surface area (Å²) in [5.74, 6) is -1.45. The number of nitrogens with zero attached hydrogens (tertiary/aromatic N) is 1. The SMILES string of the molecule is C[C@H](C(=O)O)N1C(=O)/C(=C/c2cccc(O)c2)SC1=S. The number of carboxylic acids is 1. The van der Waals surface area contributed by atoms with Crippen LogP contribution in [0.4, 0.5) is 0 Å². The molecule has 0 spiro atoms. The maximum absolute atomic E-state index is 12.2. The highest BCUT2D eigenvalue weighted by atomic mass is 32.2. The smallest absolute Gasteiger partial charge is 0.326 e. The van der Waals surface area contributed by atoms with Crippen LogP contribution in [-0.4, -0.2) is 37.4 Å². The molecule has 7 heteroatoms. The van der Waals surface area contributed by atoms with Gasteiger partial charge < -0.3 is 10.2 Å². The molecule has 1 aromatic carbocycles. The Balaban J connectivity index is 2.30. The number of carbonyl (C=O) groups excluding carboxylic acids is 1. The minimum absolute atomic E-state index is 0.0909. The summed E-state index contributed by atoms with van der Waals surface area (Å²) in [4.78, 5) is 24.6. The topological polar surface area (TPSA) is 77.8 Å². The van der Waals surface area contributed by atoms with Crippen LogP contribution in [0.25, 0.3) is 6.08 Å². The van der Waals surface area contributed by atoms with E-state index in [1.807, 2.05) is 0 Å². The number of benzene rings is 1. The van der Waals surface area contributed by atoms with Crippen molar-refractivity contribution < 1.29 is 19.8 Å². The molecule has 0 bridgehead atoms. The third kappa shape index (κ3) is 2.83. The molecule has 0 aromatic heterocycles. The molecule has 5 nitrogen and oxygen atoms in total. The van der Waals surface area contributed by atoms with Gasteiger partial charge in [0.2, 0.25) is 0 Å². The van der Waals surface area contributed by atoms with Crippen LogP contribution in [0.1, 0.15) is 12.5 Å². The molecule has 1 saturated heterocycles. The van der Waals surface area contributed by atoms with E-state index in [-0.39, 0.29) is 10.1 Å². The fourth-order valence-corrected chi connectivity index (χ4v) is 3.11. The van der Waals surface area contributed by atoms with Gasteiger partial charge in [-0.1, -0.05) is 36.1 Å². The molecule has 1 atom stereocenters. The molecular weight excluding hydrogens is 298 g/mol. The van der Waals surface area contributed by atoms with E-state index < -0.39 is 17.9 Å². The van der Waals surface area contributed by atoms with Crippen molar-refractivity contribution in [2.75, 3.05) is 0 Å². The predicted octanol–water partition coefficient (Wildman–Crippen LogP) is 2.07. The zero-order valence-electron chi connectivity index (χ0n) is 10.4. The van der Waals surface area contributed by atoms with E-state index in [0.29, 0.717) is 10.5 Å². The predicted molar refractivity (Wildman–Crippen MR) is 80.2 cm³/mol. The largest absolute Gasteiger partial charge is 0.508 e. The van der Waals surface area contributed by atoms with E-state index in [0.717, 1.165) is 16.7 Å². The molecule has 1 aliphatic heterocycles. The Bertz CT molecular complexity index is 627. The second kappa shape index (κ2) is 5.64. The van der Waals surface area contributed by atoms with Crippen LogP contribution in [0.2, 0.25) is 0 Å². The van der Waals surface area contributed by atoms with Gasteiger partial charge in [0.05, 0.1) is 4.91 Å². The third-order valence-corrected chi connectivity index (χ3v) is 4.07. The maximum atomic E-state index is 12.2. The molecule has 20 heavy (non-hydrogen) atoms. The van der Waals surface area contributed by atoms with E-state index in [2.05, 4.69) is 0 Å². The van der Waals surface area contributed by atoms with Gasteiger partial charge in [-0.25, -0.2) is 4.79 Å². The second-order valence-corrected chi connectivity index (χ2v) is 5.84. The van der Waals surface area contributed by atoms with Gasteiger partial charge in [0.15, 0.2) is 0 Å². The van der Waals surface area contributed by atoms with Crippen LogP contribution in [0.3, 0.4) is 0 Å². The molecule has 1 heterocycles. The highest BCUT2D eigenvalue weighted by molar-refractivity contribution is 8.26. The molecule has 0 aliphatic carbocycles. The molecule has 1 fully saturated rings. The van der Waals surface area contributed by atoms with Gasteiger partial charge in [0.25, 0.3) is 5.91 Å². The number of hydrogen-bond donors (Lipinski definition) is 2. The normalized spacial score (nSPS) is 18.6. The molecule has 2 N–H and O–H groups in total. The Morgan fingerprint density at radius 3 is 2.80 bits per heavy atom. The number of rotatable bonds is 3. The number of aromatic hydroxyl groups is 1. The monoisotopic (exact) mass is 309 g/mol. The number of phenols is 1. The number of hydrogen-bond acceptors (Lipinski definition) is 5. The van der Waals surface area contributed by atoms with Gasteiger partial charge >= 0.3 is 5.97 Å². The fraction of sp³-hybridized carbons (Fsp3) is 0.154. The number of carboxylic acid groups (broad SMARTS) is 1. The summed E-state index contributed by atoms with van der Waals surface area (Å²) >= 11 is 6.10. The standard InChI is InChI=1S/C13H11NO4S2/c1-7(12(17)18)14-11(16)10(20-13(14)19)6-8-3-2-4-9(15)5-8/h2-7,15H,1H3,(H,17,18)/b10-6-/t7-/m1/s1. The summed E-state index contributed by atoms with van der Waals surface area (Å²) in [6.45, 7) is 1.41. The van der Waals surface area contributed by atoms with Crippen molar-refractivity contribution in [1.29, 1.82) is 0 Å². The lowest BCUT2D eigenvalue weighted by molar-refractivity contribution is -0.144. The van der Waals surface area contributed by atoms with Crippen LogP contribution in [0.15, 0.2) is 29.2 Å². The third-order valence-electron chi connectivity index (χ3n) is 2.74. The molecule has 0 radical (unpaired) electrons. The van der Waals surface area contributed by atoms with Crippen molar-refractivity contribution in [3.63, 3.8) is 0 Å². The van der Waals surface area contributed by atoms with Crippen LogP contribution in [0, 0.1) is 0 Å². The Hall–Kier alpha value is -1.86. The van der Waals surface area contributed by atoms with Crippen molar-refractivity contribution in [2.24, 2.45) is 0 Å². The molecule has 1 aromatic rings. The summed E-state index contributed by atoms with van der Waals surface area (Å²) < 4.78 is 0.219. The molecule has 1 aliphatic rings. The Labute approximate surface area is 124 Å². The van der Waals surface area contributed by atoms with E-state index in [9.17, 15) is 14.7 Å².